The molecule has 0 saturated heterocycles. The van der Waals surface area contributed by atoms with Crippen LogP contribution in [0.1, 0.15) is 27.2 Å². The molecule has 5 heteroatoms. The van der Waals surface area contributed by atoms with Gasteiger partial charge in [-0.3, -0.25) is 9.69 Å². The molecule has 1 aromatic carbocycles. The number of likely N-dealkylation sites (N-methyl/N-ethyl adjacent to an activating group) is 1. The summed E-state index contributed by atoms with van der Waals surface area (Å²) < 4.78 is 0. The number of nitrogens with one attached hydrogen (secondary N) is 1. The van der Waals surface area contributed by atoms with Crippen molar-refractivity contribution < 1.29 is 4.79 Å². The number of nitrogens with zero attached hydrogens (tertiary/aromatic N) is 1. The van der Waals surface area contributed by atoms with Crippen LogP contribution >= 0.6 is 11.6 Å². The standard InChI is InChI=1S/C14H22ClN3O/c1-5-9(2)18(4)10(3)14(19)17-13-8-11(15)6-7-12(13)16/h6-10H,5,16H2,1-4H3,(H,17,19). The van der Waals surface area contributed by atoms with Crippen LogP contribution in [-0.2, 0) is 4.79 Å². The number of nitrogen functional groups attached to an aromatic ring is 1. The normalized spacial score (nSPS) is 14.2. The Hall–Kier alpha value is -1.26. The van der Waals surface area contributed by atoms with Gasteiger partial charge in [-0.15, -0.1) is 0 Å². The van der Waals surface area contributed by atoms with Crippen LogP contribution in [0.25, 0.3) is 0 Å². The van der Waals surface area contributed by atoms with Crippen LogP contribution < -0.4 is 11.1 Å². The fourth-order valence-corrected chi connectivity index (χ4v) is 1.90. The summed E-state index contributed by atoms with van der Waals surface area (Å²) in [6, 6.07) is 5.15. The van der Waals surface area contributed by atoms with Gasteiger partial charge in [-0.1, -0.05) is 18.5 Å². The molecule has 0 aliphatic heterocycles. The van der Waals surface area contributed by atoms with E-state index in [9.17, 15) is 4.79 Å². The first kappa shape index (κ1) is 15.8. The van der Waals surface area contributed by atoms with Crippen molar-refractivity contribution in [3.63, 3.8) is 0 Å². The van der Waals surface area contributed by atoms with Crippen LogP contribution in [0.4, 0.5) is 11.4 Å². The maximum atomic E-state index is 12.2. The molecular formula is C14H22ClN3O. The molecule has 0 radical (unpaired) electrons. The number of halogens is 1. The highest BCUT2D eigenvalue weighted by molar-refractivity contribution is 6.31. The molecule has 2 unspecified atom stereocenters. The average molecular weight is 284 g/mol. The zero-order valence-electron chi connectivity index (χ0n) is 11.9. The summed E-state index contributed by atoms with van der Waals surface area (Å²) in [7, 11) is 1.94. The van der Waals surface area contributed by atoms with Crippen molar-refractivity contribution in [2.75, 3.05) is 18.1 Å². The van der Waals surface area contributed by atoms with Crippen LogP contribution in [0, 0.1) is 0 Å². The smallest absolute Gasteiger partial charge is 0.241 e. The molecule has 0 fully saturated rings. The lowest BCUT2D eigenvalue weighted by Crippen LogP contribution is -2.44. The first-order valence-corrected chi connectivity index (χ1v) is 6.82. The number of amides is 1. The quantitative estimate of drug-likeness (QED) is 0.817. The van der Waals surface area contributed by atoms with Crippen LogP contribution in [0.15, 0.2) is 18.2 Å². The Kier molecular flexibility index (Phi) is 5.63. The SMILES string of the molecule is CCC(C)N(C)C(C)C(=O)Nc1cc(Cl)ccc1N. The predicted octanol–water partition coefficient (Wildman–Crippen LogP) is 2.98. The van der Waals surface area contributed by atoms with E-state index in [1.165, 1.54) is 0 Å². The Bertz CT molecular complexity index is 450. The van der Waals surface area contributed by atoms with Crippen LogP contribution in [0.5, 0.6) is 0 Å². The lowest BCUT2D eigenvalue weighted by Gasteiger charge is -2.29. The van der Waals surface area contributed by atoms with E-state index in [0.717, 1.165) is 6.42 Å². The van der Waals surface area contributed by atoms with E-state index >= 15 is 0 Å². The van der Waals surface area contributed by atoms with E-state index in [2.05, 4.69) is 19.2 Å². The number of nitrogens with two attached hydrogens (primary N) is 1. The summed E-state index contributed by atoms with van der Waals surface area (Å²) in [5, 5.41) is 3.37. The molecular weight excluding hydrogens is 262 g/mol. The third-order valence-corrected chi connectivity index (χ3v) is 3.78. The van der Waals surface area contributed by atoms with Gasteiger partial charge >= 0.3 is 0 Å². The monoisotopic (exact) mass is 283 g/mol. The van der Waals surface area contributed by atoms with E-state index in [1.807, 2.05) is 18.9 Å². The molecule has 1 aromatic rings. The van der Waals surface area contributed by atoms with Gasteiger partial charge in [0.05, 0.1) is 17.4 Å². The minimum absolute atomic E-state index is 0.0863. The molecule has 0 saturated carbocycles. The van der Waals surface area contributed by atoms with E-state index in [1.54, 1.807) is 18.2 Å². The third-order valence-electron chi connectivity index (χ3n) is 3.55. The zero-order valence-corrected chi connectivity index (χ0v) is 12.7. The molecule has 0 spiro atoms. The van der Waals surface area contributed by atoms with Crippen molar-refractivity contribution in [3.8, 4) is 0 Å². The van der Waals surface area contributed by atoms with Crippen molar-refractivity contribution >= 4 is 28.9 Å². The number of hydrogen-bond acceptors (Lipinski definition) is 3. The molecule has 106 valence electrons. The van der Waals surface area contributed by atoms with Gasteiger partial charge in [0, 0.05) is 11.1 Å². The van der Waals surface area contributed by atoms with E-state index < -0.39 is 0 Å². The van der Waals surface area contributed by atoms with Gasteiger partial charge in [0.1, 0.15) is 0 Å². The number of carbonyl (C=O) groups excluding carboxylic acids is 1. The second-order valence-electron chi connectivity index (χ2n) is 4.82. The highest BCUT2D eigenvalue weighted by Gasteiger charge is 2.21. The molecule has 2 atom stereocenters. The minimum Gasteiger partial charge on any atom is -0.397 e. The van der Waals surface area contributed by atoms with E-state index in [0.29, 0.717) is 22.4 Å². The summed E-state index contributed by atoms with van der Waals surface area (Å²) in [6.07, 6.45) is 0.993. The van der Waals surface area contributed by atoms with E-state index in [-0.39, 0.29) is 11.9 Å². The third kappa shape index (κ3) is 4.11. The minimum atomic E-state index is -0.228. The van der Waals surface area contributed by atoms with Crippen molar-refractivity contribution in [1.82, 2.24) is 4.90 Å². The largest absolute Gasteiger partial charge is 0.397 e. The lowest BCUT2D eigenvalue weighted by atomic mass is 10.1. The molecule has 0 bridgehead atoms. The van der Waals surface area contributed by atoms with Gasteiger partial charge in [-0.2, -0.15) is 0 Å². The van der Waals surface area contributed by atoms with Gasteiger partial charge in [-0.25, -0.2) is 0 Å². The second kappa shape index (κ2) is 6.78. The Labute approximate surface area is 119 Å². The van der Waals surface area contributed by atoms with Gasteiger partial charge in [-0.05, 0) is 45.5 Å². The van der Waals surface area contributed by atoms with Gasteiger partial charge in [0.2, 0.25) is 5.91 Å². The number of carbonyl (C=O) groups is 1. The molecule has 0 aliphatic rings. The molecule has 3 N–H and O–H groups in total. The van der Waals surface area contributed by atoms with Gasteiger partial charge in [0.15, 0.2) is 0 Å². The Morgan fingerprint density at radius 3 is 2.68 bits per heavy atom. The molecule has 0 heterocycles. The fraction of sp³-hybridized carbons (Fsp3) is 0.500. The number of rotatable bonds is 5. The van der Waals surface area contributed by atoms with Crippen molar-refractivity contribution in [2.45, 2.75) is 39.3 Å². The zero-order chi connectivity index (χ0) is 14.6. The molecule has 1 rings (SSSR count). The lowest BCUT2D eigenvalue weighted by molar-refractivity contribution is -0.120. The van der Waals surface area contributed by atoms with Crippen LogP contribution in [-0.4, -0.2) is 29.9 Å². The summed E-state index contributed by atoms with van der Waals surface area (Å²) in [5.74, 6) is -0.0863. The Morgan fingerprint density at radius 2 is 2.11 bits per heavy atom. The highest BCUT2D eigenvalue weighted by atomic mass is 35.5. The van der Waals surface area contributed by atoms with Crippen molar-refractivity contribution in [2.24, 2.45) is 0 Å². The Morgan fingerprint density at radius 1 is 1.47 bits per heavy atom. The molecule has 0 aromatic heterocycles. The van der Waals surface area contributed by atoms with Gasteiger partial charge < -0.3 is 11.1 Å². The molecule has 0 aliphatic carbocycles. The van der Waals surface area contributed by atoms with Crippen LogP contribution in [0.3, 0.4) is 0 Å². The second-order valence-corrected chi connectivity index (χ2v) is 5.26. The topological polar surface area (TPSA) is 58.4 Å². The Balaban J connectivity index is 2.76. The van der Waals surface area contributed by atoms with Crippen LogP contribution in [0.2, 0.25) is 5.02 Å². The average Bonchev–Trinajstić information content (AvgIpc) is 2.40. The maximum absolute atomic E-state index is 12.2. The summed E-state index contributed by atoms with van der Waals surface area (Å²) in [5.41, 5.74) is 6.88. The van der Waals surface area contributed by atoms with Crippen molar-refractivity contribution in [1.29, 1.82) is 0 Å². The maximum Gasteiger partial charge on any atom is 0.241 e. The molecule has 19 heavy (non-hydrogen) atoms. The molecule has 4 nitrogen and oxygen atoms in total. The van der Waals surface area contributed by atoms with E-state index in [4.69, 9.17) is 17.3 Å². The first-order valence-electron chi connectivity index (χ1n) is 6.44. The number of benzene rings is 1. The molecule has 1 amide bonds. The first-order chi connectivity index (χ1) is 8.86. The predicted molar refractivity (Wildman–Crippen MR) is 81.5 cm³/mol. The number of anilines is 2. The summed E-state index contributed by atoms with van der Waals surface area (Å²) in [4.78, 5) is 14.2. The number of hydrogen-bond donors (Lipinski definition) is 2. The van der Waals surface area contributed by atoms with Gasteiger partial charge in [0.25, 0.3) is 0 Å². The fourth-order valence-electron chi connectivity index (χ4n) is 1.73. The summed E-state index contributed by atoms with van der Waals surface area (Å²) in [6.45, 7) is 6.07. The van der Waals surface area contributed by atoms with Crippen molar-refractivity contribution in [3.05, 3.63) is 23.2 Å². The summed E-state index contributed by atoms with van der Waals surface area (Å²) >= 11 is 5.90. The highest BCUT2D eigenvalue weighted by Crippen LogP contribution is 2.23.